The Morgan fingerprint density at radius 2 is 1.76 bits per heavy atom. The quantitative estimate of drug-likeness (QED) is 0.884. The van der Waals surface area contributed by atoms with E-state index in [1.807, 2.05) is 0 Å². The Hall–Kier alpha value is -1.81. The number of hydrogen-bond donors (Lipinski definition) is 1. The first-order chi connectivity index (χ1) is 10.0. The lowest BCUT2D eigenvalue weighted by atomic mass is 10.00. The van der Waals surface area contributed by atoms with Crippen LogP contribution in [-0.2, 0) is 6.54 Å². The highest BCUT2D eigenvalue weighted by Gasteiger charge is 2.20. The fourth-order valence-corrected chi connectivity index (χ4v) is 2.30. The van der Waals surface area contributed by atoms with Gasteiger partial charge in [-0.3, -0.25) is 0 Å². The fourth-order valence-electron chi connectivity index (χ4n) is 2.30. The molecule has 2 aromatic carbocycles. The summed E-state index contributed by atoms with van der Waals surface area (Å²) >= 11 is 0. The molecular weight excluding hydrogens is 275 g/mol. The summed E-state index contributed by atoms with van der Waals surface area (Å²) in [5, 5.41) is 3.23. The third-order valence-electron chi connectivity index (χ3n) is 3.76. The predicted molar refractivity (Wildman–Crippen MR) is 76.4 cm³/mol. The van der Waals surface area contributed by atoms with Crippen LogP contribution in [0.5, 0.6) is 0 Å². The van der Waals surface area contributed by atoms with Crippen LogP contribution in [0.3, 0.4) is 0 Å². The number of halogens is 3. The number of aryl methyl sites for hydroxylation is 1. The lowest BCUT2D eigenvalue weighted by Crippen LogP contribution is -2.16. The Balaban J connectivity index is 1.94. The lowest BCUT2D eigenvalue weighted by Gasteiger charge is -2.10. The van der Waals surface area contributed by atoms with Crippen molar-refractivity contribution in [2.24, 2.45) is 0 Å². The van der Waals surface area contributed by atoms with Gasteiger partial charge in [0.2, 0.25) is 0 Å². The average Bonchev–Trinajstić information content (AvgIpc) is 3.26. The molecule has 0 atom stereocenters. The number of hydrogen-bond acceptors (Lipinski definition) is 1. The summed E-state index contributed by atoms with van der Waals surface area (Å²) in [5.41, 5.74) is 1.72. The minimum absolute atomic E-state index is 0.293. The molecule has 0 heterocycles. The van der Waals surface area contributed by atoms with E-state index in [2.05, 4.69) is 5.32 Å². The van der Waals surface area contributed by atoms with E-state index in [1.165, 1.54) is 18.2 Å². The second kappa shape index (κ2) is 5.53. The van der Waals surface area contributed by atoms with Gasteiger partial charge in [0.25, 0.3) is 0 Å². The monoisotopic (exact) mass is 291 g/mol. The van der Waals surface area contributed by atoms with Crippen molar-refractivity contribution < 1.29 is 13.2 Å². The van der Waals surface area contributed by atoms with Gasteiger partial charge in [0.1, 0.15) is 17.5 Å². The predicted octanol–water partition coefficient (Wildman–Crippen LogP) is 4.33. The molecule has 1 saturated carbocycles. The van der Waals surface area contributed by atoms with Gasteiger partial charge in [-0.25, -0.2) is 13.2 Å². The van der Waals surface area contributed by atoms with Crippen LogP contribution in [0, 0.1) is 24.4 Å². The summed E-state index contributed by atoms with van der Waals surface area (Å²) in [7, 11) is 0. The second-order valence-electron chi connectivity index (χ2n) is 5.54. The van der Waals surface area contributed by atoms with E-state index in [9.17, 15) is 13.2 Å². The van der Waals surface area contributed by atoms with Crippen LogP contribution in [0.1, 0.15) is 24.0 Å². The zero-order chi connectivity index (χ0) is 15.0. The van der Waals surface area contributed by atoms with Crippen LogP contribution < -0.4 is 5.32 Å². The lowest BCUT2D eigenvalue weighted by molar-refractivity contribution is 0.578. The van der Waals surface area contributed by atoms with Gasteiger partial charge in [0.15, 0.2) is 0 Å². The maximum Gasteiger partial charge on any atom is 0.133 e. The molecule has 1 N–H and O–H groups in total. The van der Waals surface area contributed by atoms with Crippen LogP contribution in [0.25, 0.3) is 11.1 Å². The van der Waals surface area contributed by atoms with Gasteiger partial charge in [-0.05, 0) is 49.1 Å². The summed E-state index contributed by atoms with van der Waals surface area (Å²) in [5.74, 6) is -1.52. The number of benzene rings is 2. The summed E-state index contributed by atoms with van der Waals surface area (Å²) in [6, 6.07) is 7.27. The van der Waals surface area contributed by atoms with E-state index in [0.29, 0.717) is 34.8 Å². The van der Waals surface area contributed by atoms with Crippen molar-refractivity contribution in [3.8, 4) is 11.1 Å². The minimum Gasteiger partial charge on any atom is -0.310 e. The fraction of sp³-hybridized carbons (Fsp3) is 0.294. The van der Waals surface area contributed by atoms with Crippen LogP contribution in [0.2, 0.25) is 0 Å². The molecule has 3 rings (SSSR count). The van der Waals surface area contributed by atoms with E-state index in [1.54, 1.807) is 13.0 Å². The number of rotatable bonds is 4. The Bertz CT molecular complexity index is 678. The Morgan fingerprint density at radius 1 is 1.00 bits per heavy atom. The Labute approximate surface area is 121 Å². The van der Waals surface area contributed by atoms with E-state index in [4.69, 9.17) is 0 Å². The van der Waals surface area contributed by atoms with Gasteiger partial charge in [0.05, 0.1) is 0 Å². The van der Waals surface area contributed by atoms with Crippen molar-refractivity contribution in [2.75, 3.05) is 0 Å². The molecule has 4 heteroatoms. The maximum absolute atomic E-state index is 13.9. The van der Waals surface area contributed by atoms with Gasteiger partial charge in [-0.1, -0.05) is 6.07 Å². The van der Waals surface area contributed by atoms with E-state index in [-0.39, 0.29) is 5.82 Å². The van der Waals surface area contributed by atoms with Gasteiger partial charge in [0, 0.05) is 29.8 Å². The molecule has 0 spiro atoms. The van der Waals surface area contributed by atoms with Crippen LogP contribution in [-0.4, -0.2) is 6.04 Å². The van der Waals surface area contributed by atoms with Crippen molar-refractivity contribution in [3.05, 3.63) is 58.9 Å². The molecule has 0 bridgehead atoms. The zero-order valence-corrected chi connectivity index (χ0v) is 11.7. The Kier molecular flexibility index (Phi) is 3.72. The largest absolute Gasteiger partial charge is 0.310 e. The molecule has 1 aliphatic rings. The van der Waals surface area contributed by atoms with E-state index >= 15 is 0 Å². The first kappa shape index (κ1) is 14.1. The molecule has 2 aromatic rings. The SMILES string of the molecule is Cc1cc(-c2ccc(F)c(CNC3CC3)c2)c(F)cc1F. The van der Waals surface area contributed by atoms with Gasteiger partial charge < -0.3 is 5.32 Å². The molecule has 0 aromatic heterocycles. The summed E-state index contributed by atoms with van der Waals surface area (Å²) < 4.78 is 41.1. The van der Waals surface area contributed by atoms with Crippen molar-refractivity contribution in [1.29, 1.82) is 0 Å². The van der Waals surface area contributed by atoms with Crippen LogP contribution in [0.15, 0.2) is 30.3 Å². The van der Waals surface area contributed by atoms with Crippen molar-refractivity contribution in [2.45, 2.75) is 32.4 Å². The summed E-state index contributed by atoms with van der Waals surface area (Å²) in [6.45, 7) is 2.00. The smallest absolute Gasteiger partial charge is 0.133 e. The normalized spacial score (nSPS) is 14.5. The van der Waals surface area contributed by atoms with Crippen LogP contribution in [0.4, 0.5) is 13.2 Å². The molecule has 0 amide bonds. The average molecular weight is 291 g/mol. The van der Waals surface area contributed by atoms with Crippen molar-refractivity contribution in [3.63, 3.8) is 0 Å². The minimum atomic E-state index is -0.634. The molecule has 1 aliphatic carbocycles. The third-order valence-corrected chi connectivity index (χ3v) is 3.76. The molecular formula is C17H16F3N. The molecule has 0 saturated heterocycles. The first-order valence-electron chi connectivity index (χ1n) is 7.02. The van der Waals surface area contributed by atoms with Gasteiger partial charge >= 0.3 is 0 Å². The summed E-state index contributed by atoms with van der Waals surface area (Å²) in [4.78, 5) is 0. The molecule has 0 unspecified atom stereocenters. The summed E-state index contributed by atoms with van der Waals surface area (Å²) in [6.07, 6.45) is 2.24. The molecule has 21 heavy (non-hydrogen) atoms. The van der Waals surface area contributed by atoms with Crippen molar-refractivity contribution in [1.82, 2.24) is 5.32 Å². The molecule has 110 valence electrons. The maximum atomic E-state index is 13.9. The topological polar surface area (TPSA) is 12.0 Å². The van der Waals surface area contributed by atoms with Gasteiger partial charge in [-0.2, -0.15) is 0 Å². The molecule has 0 aliphatic heterocycles. The molecule has 0 radical (unpaired) electrons. The van der Waals surface area contributed by atoms with Crippen LogP contribution >= 0.6 is 0 Å². The third kappa shape index (κ3) is 3.10. The molecule has 1 nitrogen and oxygen atoms in total. The van der Waals surface area contributed by atoms with E-state index in [0.717, 1.165) is 18.9 Å². The van der Waals surface area contributed by atoms with E-state index < -0.39 is 11.6 Å². The zero-order valence-electron chi connectivity index (χ0n) is 11.7. The highest BCUT2D eigenvalue weighted by molar-refractivity contribution is 5.66. The molecule has 1 fully saturated rings. The highest BCUT2D eigenvalue weighted by atomic mass is 19.1. The number of nitrogens with one attached hydrogen (secondary N) is 1. The Morgan fingerprint density at radius 3 is 2.48 bits per heavy atom. The first-order valence-corrected chi connectivity index (χ1v) is 7.02. The van der Waals surface area contributed by atoms with Crippen molar-refractivity contribution >= 4 is 0 Å². The second-order valence-corrected chi connectivity index (χ2v) is 5.54. The van der Waals surface area contributed by atoms with Gasteiger partial charge in [-0.15, -0.1) is 0 Å². The standard InChI is InChI=1S/C17H16F3N/c1-10-6-14(17(20)8-16(10)19)11-2-5-15(18)12(7-11)9-21-13-3-4-13/h2,5-8,13,21H,3-4,9H2,1H3. The highest BCUT2D eigenvalue weighted by Crippen LogP contribution is 2.28.